The minimum atomic E-state index is -0.556. The summed E-state index contributed by atoms with van der Waals surface area (Å²) in [6.07, 6.45) is 2.80. The summed E-state index contributed by atoms with van der Waals surface area (Å²) in [5.41, 5.74) is -0.556. The summed E-state index contributed by atoms with van der Waals surface area (Å²) in [5.74, 6) is 0.765. The average molecular weight is 212 g/mol. The lowest BCUT2D eigenvalue weighted by molar-refractivity contribution is -0.114. The van der Waals surface area contributed by atoms with Crippen molar-refractivity contribution >= 4 is 0 Å². The number of methoxy groups -OCH3 is 2. The van der Waals surface area contributed by atoms with E-state index in [9.17, 15) is 0 Å². The molecule has 1 aliphatic carbocycles. The van der Waals surface area contributed by atoms with Gasteiger partial charge in [0.25, 0.3) is 0 Å². The minimum absolute atomic E-state index is 0.318. The Morgan fingerprint density at radius 2 is 2.07 bits per heavy atom. The zero-order valence-electron chi connectivity index (χ0n) is 9.75. The first kappa shape index (κ1) is 12.4. The van der Waals surface area contributed by atoms with Crippen LogP contribution < -0.4 is 5.32 Å². The van der Waals surface area contributed by atoms with E-state index in [1.54, 1.807) is 14.2 Å². The summed E-state index contributed by atoms with van der Waals surface area (Å²) in [7, 11) is 3.18. The van der Waals surface area contributed by atoms with Gasteiger partial charge >= 0.3 is 0 Å². The first-order valence-corrected chi connectivity index (χ1v) is 5.35. The summed E-state index contributed by atoms with van der Waals surface area (Å²) >= 11 is 0. The number of nitriles is 1. The lowest BCUT2D eigenvalue weighted by Gasteiger charge is -2.26. The Bertz CT molecular complexity index is 231. The molecule has 0 aliphatic heterocycles. The van der Waals surface area contributed by atoms with E-state index in [4.69, 9.17) is 14.7 Å². The molecule has 0 saturated heterocycles. The molecule has 0 amide bonds. The average Bonchev–Trinajstić information content (AvgIpc) is 3.07. The Labute approximate surface area is 91.6 Å². The van der Waals surface area contributed by atoms with Gasteiger partial charge in [-0.25, -0.2) is 0 Å². The molecule has 0 bridgehead atoms. The van der Waals surface area contributed by atoms with Crippen LogP contribution in [0, 0.1) is 17.2 Å². The molecule has 0 aromatic carbocycles. The summed E-state index contributed by atoms with van der Waals surface area (Å²) in [6.45, 7) is 2.81. The van der Waals surface area contributed by atoms with Crippen molar-refractivity contribution in [1.29, 1.82) is 5.26 Å². The molecular weight excluding hydrogens is 192 g/mol. The van der Waals surface area contributed by atoms with Crippen molar-refractivity contribution in [3.05, 3.63) is 0 Å². The molecule has 4 heteroatoms. The molecule has 1 unspecified atom stereocenters. The molecule has 1 saturated carbocycles. The van der Waals surface area contributed by atoms with E-state index in [0.717, 1.165) is 12.5 Å². The van der Waals surface area contributed by atoms with E-state index in [0.29, 0.717) is 6.42 Å². The molecule has 1 N–H and O–H groups in total. The second-order valence-electron chi connectivity index (χ2n) is 4.37. The monoisotopic (exact) mass is 212 g/mol. The van der Waals surface area contributed by atoms with Crippen molar-refractivity contribution in [2.45, 2.75) is 38.0 Å². The number of rotatable bonds is 7. The maximum atomic E-state index is 9.13. The van der Waals surface area contributed by atoms with Crippen LogP contribution in [-0.2, 0) is 9.47 Å². The Kier molecular flexibility index (Phi) is 4.52. The second-order valence-corrected chi connectivity index (χ2v) is 4.37. The molecule has 0 radical (unpaired) electrons. The molecule has 0 heterocycles. The highest BCUT2D eigenvalue weighted by atomic mass is 16.7. The molecule has 15 heavy (non-hydrogen) atoms. The van der Waals surface area contributed by atoms with Crippen LogP contribution in [0.1, 0.15) is 26.2 Å². The molecule has 86 valence electrons. The standard InChI is InChI=1S/C11H20N2O2/c1-11(8-12,6-10(14-2)15-3)13-7-9-4-5-9/h9-10,13H,4-7H2,1-3H3. The van der Waals surface area contributed by atoms with Crippen LogP contribution >= 0.6 is 0 Å². The highest BCUT2D eigenvalue weighted by molar-refractivity contribution is 5.04. The number of ether oxygens (including phenoxy) is 2. The zero-order chi connectivity index (χ0) is 11.3. The van der Waals surface area contributed by atoms with Crippen molar-refractivity contribution in [1.82, 2.24) is 5.32 Å². The Morgan fingerprint density at radius 3 is 2.47 bits per heavy atom. The number of nitrogens with zero attached hydrogens (tertiary/aromatic N) is 1. The van der Waals surface area contributed by atoms with E-state index in [1.165, 1.54) is 12.8 Å². The van der Waals surface area contributed by atoms with Crippen LogP contribution in [0.2, 0.25) is 0 Å². The summed E-state index contributed by atoms with van der Waals surface area (Å²) < 4.78 is 10.2. The summed E-state index contributed by atoms with van der Waals surface area (Å²) in [6, 6.07) is 2.29. The van der Waals surface area contributed by atoms with Gasteiger partial charge in [-0.2, -0.15) is 5.26 Å². The van der Waals surface area contributed by atoms with Crippen LogP contribution in [0.3, 0.4) is 0 Å². The lowest BCUT2D eigenvalue weighted by Crippen LogP contribution is -2.45. The van der Waals surface area contributed by atoms with Crippen molar-refractivity contribution in [2.24, 2.45) is 5.92 Å². The predicted octanol–water partition coefficient (Wildman–Crippen LogP) is 1.28. The normalized spacial score (nSPS) is 19.9. The van der Waals surface area contributed by atoms with Crippen LogP contribution in [0.25, 0.3) is 0 Å². The predicted molar refractivity (Wildman–Crippen MR) is 57.2 cm³/mol. The maximum absolute atomic E-state index is 9.13. The van der Waals surface area contributed by atoms with Crippen molar-refractivity contribution in [2.75, 3.05) is 20.8 Å². The third-order valence-corrected chi connectivity index (χ3v) is 2.83. The molecule has 0 aromatic rings. The topological polar surface area (TPSA) is 54.3 Å². The van der Waals surface area contributed by atoms with Gasteiger partial charge in [-0.15, -0.1) is 0 Å². The van der Waals surface area contributed by atoms with E-state index in [1.807, 2.05) is 6.92 Å². The molecule has 1 rings (SSSR count). The first-order valence-electron chi connectivity index (χ1n) is 5.35. The second kappa shape index (κ2) is 5.45. The van der Waals surface area contributed by atoms with Gasteiger partial charge in [0.05, 0.1) is 6.07 Å². The highest BCUT2D eigenvalue weighted by Crippen LogP contribution is 2.28. The number of nitrogens with one attached hydrogen (secondary N) is 1. The SMILES string of the molecule is COC(CC(C)(C#N)NCC1CC1)OC. The molecule has 0 spiro atoms. The number of hydrogen-bond acceptors (Lipinski definition) is 4. The molecule has 1 aliphatic rings. The minimum Gasteiger partial charge on any atom is -0.356 e. The summed E-state index contributed by atoms with van der Waals surface area (Å²) in [4.78, 5) is 0. The van der Waals surface area contributed by atoms with Gasteiger partial charge in [0, 0.05) is 20.6 Å². The van der Waals surface area contributed by atoms with Crippen LogP contribution in [-0.4, -0.2) is 32.6 Å². The fourth-order valence-corrected chi connectivity index (χ4v) is 1.45. The van der Waals surface area contributed by atoms with Crippen molar-refractivity contribution < 1.29 is 9.47 Å². The molecule has 1 atom stereocenters. The highest BCUT2D eigenvalue weighted by Gasteiger charge is 2.31. The third-order valence-electron chi connectivity index (χ3n) is 2.83. The molecule has 1 fully saturated rings. The quantitative estimate of drug-likeness (QED) is 0.646. The van der Waals surface area contributed by atoms with Crippen LogP contribution in [0.4, 0.5) is 0 Å². The Morgan fingerprint density at radius 1 is 1.47 bits per heavy atom. The van der Waals surface area contributed by atoms with Gasteiger partial charge in [0.2, 0.25) is 0 Å². The van der Waals surface area contributed by atoms with E-state index in [2.05, 4.69) is 11.4 Å². The van der Waals surface area contributed by atoms with Crippen LogP contribution in [0.15, 0.2) is 0 Å². The van der Waals surface area contributed by atoms with Gasteiger partial charge in [-0.3, -0.25) is 5.32 Å². The third kappa shape index (κ3) is 4.17. The van der Waals surface area contributed by atoms with Gasteiger partial charge in [0.1, 0.15) is 5.54 Å². The molecule has 0 aromatic heterocycles. The van der Waals surface area contributed by atoms with E-state index in [-0.39, 0.29) is 6.29 Å². The maximum Gasteiger partial charge on any atom is 0.159 e. The Hall–Kier alpha value is -0.630. The van der Waals surface area contributed by atoms with Crippen molar-refractivity contribution in [3.63, 3.8) is 0 Å². The van der Waals surface area contributed by atoms with Gasteiger partial charge < -0.3 is 9.47 Å². The zero-order valence-corrected chi connectivity index (χ0v) is 9.75. The van der Waals surface area contributed by atoms with Gasteiger partial charge in [-0.05, 0) is 32.2 Å². The first-order chi connectivity index (χ1) is 7.13. The van der Waals surface area contributed by atoms with Crippen molar-refractivity contribution in [3.8, 4) is 6.07 Å². The van der Waals surface area contributed by atoms with E-state index >= 15 is 0 Å². The largest absolute Gasteiger partial charge is 0.356 e. The van der Waals surface area contributed by atoms with Crippen LogP contribution in [0.5, 0.6) is 0 Å². The molecule has 4 nitrogen and oxygen atoms in total. The lowest BCUT2D eigenvalue weighted by atomic mass is 9.99. The van der Waals surface area contributed by atoms with Gasteiger partial charge in [-0.1, -0.05) is 0 Å². The molecular formula is C11H20N2O2. The van der Waals surface area contributed by atoms with E-state index < -0.39 is 5.54 Å². The summed E-state index contributed by atoms with van der Waals surface area (Å²) in [5, 5.41) is 12.4. The fourth-order valence-electron chi connectivity index (χ4n) is 1.45. The smallest absolute Gasteiger partial charge is 0.159 e. The Balaban J connectivity index is 2.39. The number of hydrogen-bond donors (Lipinski definition) is 1. The van der Waals surface area contributed by atoms with Gasteiger partial charge in [0.15, 0.2) is 6.29 Å². The fraction of sp³-hybridized carbons (Fsp3) is 0.909.